The average Bonchev–Trinajstić information content (AvgIpc) is 2.66. The van der Waals surface area contributed by atoms with Crippen LogP contribution in [0.15, 0.2) is 23.1 Å². The Labute approximate surface area is 107 Å². The second-order valence-corrected chi connectivity index (χ2v) is 4.25. The van der Waals surface area contributed by atoms with Gasteiger partial charge in [0.05, 0.1) is 6.61 Å². The SMILES string of the molecule is NC(=O)c1ccn([C@@H]2O[C@H](CO)[C@@H](O)[C@H]2O)c(=O)c1. The number of carbonyl (C=O) groups excluding carboxylic acids is 1. The number of hydrogen-bond donors (Lipinski definition) is 4. The maximum Gasteiger partial charge on any atom is 0.253 e. The maximum absolute atomic E-state index is 11.8. The summed E-state index contributed by atoms with van der Waals surface area (Å²) in [6, 6.07) is 2.32. The molecule has 2 heterocycles. The first-order valence-electron chi connectivity index (χ1n) is 5.60. The summed E-state index contributed by atoms with van der Waals surface area (Å²) in [6.07, 6.45) is -3.50. The van der Waals surface area contributed by atoms with Crippen LogP contribution in [0.25, 0.3) is 0 Å². The molecule has 8 nitrogen and oxygen atoms in total. The van der Waals surface area contributed by atoms with Crippen LogP contribution in [-0.4, -0.2) is 50.7 Å². The van der Waals surface area contributed by atoms with E-state index in [1.54, 1.807) is 0 Å². The second-order valence-electron chi connectivity index (χ2n) is 4.25. The maximum atomic E-state index is 11.8. The average molecular weight is 270 g/mol. The minimum Gasteiger partial charge on any atom is -0.394 e. The summed E-state index contributed by atoms with van der Waals surface area (Å²) in [6.45, 7) is -0.483. The predicted octanol–water partition coefficient (Wildman–Crippen LogP) is -2.44. The van der Waals surface area contributed by atoms with Crippen LogP contribution in [0.5, 0.6) is 0 Å². The van der Waals surface area contributed by atoms with Crippen LogP contribution in [0.1, 0.15) is 16.6 Å². The number of hydrogen-bond acceptors (Lipinski definition) is 6. The zero-order chi connectivity index (χ0) is 14.2. The summed E-state index contributed by atoms with van der Waals surface area (Å²) in [7, 11) is 0. The second kappa shape index (κ2) is 5.10. The molecular weight excluding hydrogens is 256 g/mol. The highest BCUT2D eigenvalue weighted by Gasteiger charge is 2.43. The van der Waals surface area contributed by atoms with Gasteiger partial charge >= 0.3 is 0 Å². The van der Waals surface area contributed by atoms with E-state index in [9.17, 15) is 19.8 Å². The topological polar surface area (TPSA) is 135 Å². The molecule has 1 aliphatic heterocycles. The summed E-state index contributed by atoms with van der Waals surface area (Å²) >= 11 is 0. The molecule has 0 spiro atoms. The molecule has 0 aromatic carbocycles. The first-order valence-corrected chi connectivity index (χ1v) is 5.60. The fourth-order valence-corrected chi connectivity index (χ4v) is 1.96. The van der Waals surface area contributed by atoms with Crippen molar-refractivity contribution in [1.29, 1.82) is 0 Å². The molecule has 1 saturated heterocycles. The number of nitrogens with two attached hydrogens (primary N) is 1. The summed E-state index contributed by atoms with van der Waals surface area (Å²) in [5, 5.41) is 28.3. The number of primary amides is 1. The van der Waals surface area contributed by atoms with Crippen molar-refractivity contribution in [3.8, 4) is 0 Å². The van der Waals surface area contributed by atoms with Crippen molar-refractivity contribution in [3.05, 3.63) is 34.2 Å². The zero-order valence-electron chi connectivity index (χ0n) is 9.84. The molecule has 0 radical (unpaired) electrons. The largest absolute Gasteiger partial charge is 0.394 e. The first-order chi connectivity index (χ1) is 8.95. The van der Waals surface area contributed by atoms with Gasteiger partial charge in [-0.2, -0.15) is 0 Å². The summed E-state index contributed by atoms with van der Waals surface area (Å²) in [4.78, 5) is 22.7. The molecule has 1 amide bonds. The van der Waals surface area contributed by atoms with Gasteiger partial charge in [-0.3, -0.25) is 14.2 Å². The number of carbonyl (C=O) groups is 1. The Balaban J connectivity index is 2.33. The van der Waals surface area contributed by atoms with Gasteiger partial charge in [0.2, 0.25) is 5.91 Å². The van der Waals surface area contributed by atoms with Crippen molar-refractivity contribution in [3.63, 3.8) is 0 Å². The highest BCUT2D eigenvalue weighted by molar-refractivity contribution is 5.92. The standard InChI is InChI=1S/C11H14N2O6/c12-10(18)5-1-2-13(7(15)3-5)11-9(17)8(16)6(4-14)19-11/h1-3,6,8-9,11,14,16-17H,4H2,(H2,12,18)/t6-,8-,9-,11-/m1/s1. The fourth-order valence-electron chi connectivity index (χ4n) is 1.96. The lowest BCUT2D eigenvalue weighted by atomic mass is 10.1. The van der Waals surface area contributed by atoms with E-state index >= 15 is 0 Å². The number of aromatic nitrogens is 1. The summed E-state index contributed by atoms with van der Waals surface area (Å²) in [5.74, 6) is -0.745. The molecule has 1 aromatic heterocycles. The van der Waals surface area contributed by atoms with Crippen LogP contribution in [0.4, 0.5) is 0 Å². The van der Waals surface area contributed by atoms with Crippen molar-refractivity contribution in [2.75, 3.05) is 6.61 Å². The van der Waals surface area contributed by atoms with Gasteiger partial charge in [-0.25, -0.2) is 0 Å². The van der Waals surface area contributed by atoms with Gasteiger partial charge in [0.15, 0.2) is 6.23 Å². The van der Waals surface area contributed by atoms with Crippen molar-refractivity contribution in [1.82, 2.24) is 4.57 Å². The van der Waals surface area contributed by atoms with Crippen LogP contribution in [0, 0.1) is 0 Å². The Hall–Kier alpha value is -1.74. The molecule has 1 aromatic rings. The van der Waals surface area contributed by atoms with Crippen molar-refractivity contribution < 1.29 is 24.9 Å². The number of amides is 1. The predicted molar refractivity (Wildman–Crippen MR) is 62.2 cm³/mol. The van der Waals surface area contributed by atoms with Crippen molar-refractivity contribution >= 4 is 5.91 Å². The first kappa shape index (κ1) is 13.7. The van der Waals surface area contributed by atoms with E-state index in [1.807, 2.05) is 0 Å². The van der Waals surface area contributed by atoms with E-state index < -0.39 is 42.6 Å². The zero-order valence-corrected chi connectivity index (χ0v) is 9.84. The highest BCUT2D eigenvalue weighted by atomic mass is 16.6. The van der Waals surface area contributed by atoms with Gasteiger partial charge in [0, 0.05) is 17.8 Å². The van der Waals surface area contributed by atoms with Crippen LogP contribution in [0.3, 0.4) is 0 Å². The number of ether oxygens (including phenoxy) is 1. The number of aliphatic hydroxyl groups is 3. The van der Waals surface area contributed by atoms with E-state index in [2.05, 4.69) is 0 Å². The molecule has 1 fully saturated rings. The molecule has 5 N–H and O–H groups in total. The van der Waals surface area contributed by atoms with Gasteiger partial charge in [-0.15, -0.1) is 0 Å². The third kappa shape index (κ3) is 2.38. The van der Waals surface area contributed by atoms with Crippen molar-refractivity contribution in [2.45, 2.75) is 24.5 Å². The van der Waals surface area contributed by atoms with E-state index in [1.165, 1.54) is 12.3 Å². The monoisotopic (exact) mass is 270 g/mol. The van der Waals surface area contributed by atoms with Gasteiger partial charge in [0.1, 0.15) is 18.3 Å². The van der Waals surface area contributed by atoms with Gasteiger partial charge < -0.3 is 25.8 Å². The van der Waals surface area contributed by atoms with Crippen molar-refractivity contribution in [2.24, 2.45) is 5.73 Å². The molecule has 0 aliphatic carbocycles. The molecule has 2 rings (SSSR count). The molecule has 0 bridgehead atoms. The number of pyridine rings is 1. The number of nitrogens with zero attached hydrogens (tertiary/aromatic N) is 1. The highest BCUT2D eigenvalue weighted by Crippen LogP contribution is 2.27. The van der Waals surface area contributed by atoms with Crippen LogP contribution >= 0.6 is 0 Å². The Morgan fingerprint density at radius 3 is 2.58 bits per heavy atom. The molecular formula is C11H14N2O6. The molecule has 8 heteroatoms. The molecule has 19 heavy (non-hydrogen) atoms. The van der Waals surface area contributed by atoms with Crippen LogP contribution in [0.2, 0.25) is 0 Å². The van der Waals surface area contributed by atoms with Crippen LogP contribution in [-0.2, 0) is 4.74 Å². The fraction of sp³-hybridized carbons (Fsp3) is 0.455. The molecule has 104 valence electrons. The summed E-state index contributed by atoms with van der Waals surface area (Å²) in [5.41, 5.74) is 4.47. The third-order valence-corrected chi connectivity index (χ3v) is 3.02. The van der Waals surface area contributed by atoms with Crippen LogP contribution < -0.4 is 11.3 Å². The normalized spacial score (nSPS) is 30.5. The Morgan fingerprint density at radius 1 is 1.42 bits per heavy atom. The van der Waals surface area contributed by atoms with Gasteiger partial charge in [-0.05, 0) is 6.07 Å². The quantitative estimate of drug-likeness (QED) is 0.482. The lowest BCUT2D eigenvalue weighted by molar-refractivity contribution is -0.0544. The van der Waals surface area contributed by atoms with E-state index in [0.29, 0.717) is 0 Å². The Morgan fingerprint density at radius 2 is 2.11 bits per heavy atom. The molecule has 0 saturated carbocycles. The minimum absolute atomic E-state index is 0.0352. The number of rotatable bonds is 3. The number of aliphatic hydroxyl groups excluding tert-OH is 3. The van der Waals surface area contributed by atoms with E-state index in [4.69, 9.17) is 15.6 Å². The van der Waals surface area contributed by atoms with E-state index in [-0.39, 0.29) is 5.56 Å². The Bertz CT molecular complexity index is 542. The molecule has 0 unspecified atom stereocenters. The minimum atomic E-state index is -1.35. The smallest absolute Gasteiger partial charge is 0.253 e. The van der Waals surface area contributed by atoms with Gasteiger partial charge in [-0.1, -0.05) is 0 Å². The molecule has 1 aliphatic rings. The lowest BCUT2D eigenvalue weighted by Gasteiger charge is -2.17. The Kier molecular flexibility index (Phi) is 3.67. The molecule has 4 atom stereocenters. The summed E-state index contributed by atoms with van der Waals surface area (Å²) < 4.78 is 6.22. The third-order valence-electron chi connectivity index (χ3n) is 3.02. The van der Waals surface area contributed by atoms with Gasteiger partial charge in [0.25, 0.3) is 5.56 Å². The van der Waals surface area contributed by atoms with E-state index in [0.717, 1.165) is 10.6 Å². The lowest BCUT2D eigenvalue weighted by Crippen LogP contribution is -2.35.